The van der Waals surface area contributed by atoms with Crippen LogP contribution in [-0.4, -0.2) is 33.6 Å². The van der Waals surface area contributed by atoms with Gasteiger partial charge in [0.25, 0.3) is 5.56 Å². The summed E-state index contributed by atoms with van der Waals surface area (Å²) in [6.45, 7) is 5.77. The van der Waals surface area contributed by atoms with Crippen molar-refractivity contribution in [2.24, 2.45) is 4.99 Å². The molecule has 0 saturated carbocycles. The summed E-state index contributed by atoms with van der Waals surface area (Å²) in [5, 5.41) is 3.55. The third-order valence-electron chi connectivity index (χ3n) is 4.85. The number of rotatable bonds is 5. The molecule has 0 spiro atoms. The largest absolute Gasteiger partial charge is 0.469 e. The Kier molecular flexibility index (Phi) is 5.56. The van der Waals surface area contributed by atoms with Gasteiger partial charge in [-0.25, -0.2) is 4.98 Å². The molecule has 0 aliphatic rings. The Bertz CT molecular complexity index is 1320. The van der Waals surface area contributed by atoms with E-state index in [2.05, 4.69) is 21.1 Å². The minimum absolute atomic E-state index is 0.0708. The van der Waals surface area contributed by atoms with Crippen molar-refractivity contribution in [2.45, 2.75) is 27.2 Å². The van der Waals surface area contributed by atoms with Crippen molar-refractivity contribution in [1.29, 1.82) is 0 Å². The van der Waals surface area contributed by atoms with Crippen LogP contribution >= 0.6 is 11.3 Å². The van der Waals surface area contributed by atoms with Gasteiger partial charge in [-0.1, -0.05) is 29.5 Å². The first-order valence-corrected chi connectivity index (χ1v) is 10.6. The lowest BCUT2D eigenvalue weighted by Gasteiger charge is -2.04. The molecule has 1 N–H and O–H groups in total. The van der Waals surface area contributed by atoms with Crippen LogP contribution in [0.2, 0.25) is 0 Å². The number of carbonyl (C=O) groups excluding carboxylic acids is 1. The van der Waals surface area contributed by atoms with Crippen LogP contribution in [0.25, 0.3) is 15.3 Å². The van der Waals surface area contributed by atoms with E-state index >= 15 is 0 Å². The van der Waals surface area contributed by atoms with Crippen LogP contribution in [0.3, 0.4) is 0 Å². The zero-order valence-corrected chi connectivity index (χ0v) is 18.5. The fourth-order valence-electron chi connectivity index (χ4n) is 3.56. The summed E-state index contributed by atoms with van der Waals surface area (Å²) in [7, 11) is 1.32. The van der Waals surface area contributed by atoms with Crippen LogP contribution in [0.4, 0.5) is 5.69 Å². The number of aliphatic imine (C=N–C) groups is 1. The Hall–Kier alpha value is -3.52. The standard InChI is InChI=1S/C23H22N4O3S/c1-13-9-14(2)11-16(10-13)24-15(3)21-18(12-20(28)30-4)26-27(22(21)29)23-25-17-7-5-6-8-19(17)31-23/h5-11,26H,12H2,1-4H3. The maximum Gasteiger partial charge on any atom is 0.311 e. The summed E-state index contributed by atoms with van der Waals surface area (Å²) in [6, 6.07) is 13.6. The van der Waals surface area contributed by atoms with E-state index in [-0.39, 0.29) is 12.0 Å². The molecule has 2 heterocycles. The number of para-hydroxylation sites is 1. The zero-order chi connectivity index (χ0) is 22.1. The van der Waals surface area contributed by atoms with E-state index in [9.17, 15) is 9.59 Å². The number of benzene rings is 2. The zero-order valence-electron chi connectivity index (χ0n) is 17.7. The number of aromatic amines is 1. The fraction of sp³-hybridized carbons (Fsp3) is 0.217. The number of methoxy groups -OCH3 is 1. The van der Waals surface area contributed by atoms with Crippen molar-refractivity contribution in [3.63, 3.8) is 0 Å². The first-order valence-electron chi connectivity index (χ1n) is 9.76. The molecule has 0 atom stereocenters. The summed E-state index contributed by atoms with van der Waals surface area (Å²) >= 11 is 1.40. The van der Waals surface area contributed by atoms with Crippen LogP contribution in [0, 0.1) is 13.8 Å². The number of thiazole rings is 1. The number of H-pyrrole nitrogens is 1. The highest BCUT2D eigenvalue weighted by atomic mass is 32.1. The van der Waals surface area contributed by atoms with Gasteiger partial charge in [0, 0.05) is 0 Å². The molecule has 0 bridgehead atoms. The summed E-state index contributed by atoms with van der Waals surface area (Å²) < 4.78 is 7.16. The highest BCUT2D eigenvalue weighted by Gasteiger charge is 2.22. The maximum absolute atomic E-state index is 13.4. The molecule has 2 aromatic heterocycles. The maximum atomic E-state index is 13.4. The smallest absolute Gasteiger partial charge is 0.311 e. The summed E-state index contributed by atoms with van der Waals surface area (Å²) in [5.41, 5.74) is 4.75. The van der Waals surface area contributed by atoms with Gasteiger partial charge in [0.2, 0.25) is 5.13 Å². The van der Waals surface area contributed by atoms with Crippen LogP contribution in [0.1, 0.15) is 29.3 Å². The molecule has 158 valence electrons. The number of nitrogens with one attached hydrogen (secondary N) is 1. The van der Waals surface area contributed by atoms with Gasteiger partial charge in [-0.15, -0.1) is 0 Å². The minimum Gasteiger partial charge on any atom is -0.469 e. The average Bonchev–Trinajstić information content (AvgIpc) is 3.27. The Morgan fingerprint density at radius 3 is 2.58 bits per heavy atom. The topological polar surface area (TPSA) is 89.3 Å². The van der Waals surface area contributed by atoms with Gasteiger partial charge < -0.3 is 4.74 Å². The molecule has 0 fully saturated rings. The van der Waals surface area contributed by atoms with Crippen LogP contribution in [-0.2, 0) is 16.0 Å². The minimum atomic E-state index is -0.446. The van der Waals surface area contributed by atoms with Gasteiger partial charge in [0.15, 0.2) is 0 Å². The van der Waals surface area contributed by atoms with Gasteiger partial charge in [0.1, 0.15) is 0 Å². The fourth-order valence-corrected chi connectivity index (χ4v) is 4.48. The second-order valence-corrected chi connectivity index (χ2v) is 8.38. The molecule has 0 amide bonds. The van der Waals surface area contributed by atoms with E-state index in [1.807, 2.05) is 50.2 Å². The lowest BCUT2D eigenvalue weighted by Crippen LogP contribution is -2.20. The van der Waals surface area contributed by atoms with Crippen molar-refractivity contribution in [3.05, 3.63) is 75.2 Å². The number of hydrogen-bond donors (Lipinski definition) is 1. The number of hydrogen-bond acceptors (Lipinski definition) is 6. The van der Waals surface area contributed by atoms with E-state index in [0.717, 1.165) is 27.0 Å². The molecule has 0 saturated heterocycles. The SMILES string of the molecule is COC(=O)Cc1[nH]n(-c2nc3ccccc3s2)c(=O)c1C(C)=Nc1cc(C)cc(C)c1. The predicted octanol–water partition coefficient (Wildman–Crippen LogP) is 4.25. The molecule has 0 radical (unpaired) electrons. The van der Waals surface area contributed by atoms with Crippen molar-refractivity contribution >= 4 is 38.9 Å². The number of aryl methyl sites for hydroxylation is 2. The summed E-state index contributed by atoms with van der Waals surface area (Å²) in [4.78, 5) is 34.6. The van der Waals surface area contributed by atoms with Gasteiger partial charge >= 0.3 is 5.97 Å². The number of ether oxygens (including phenoxy) is 1. The van der Waals surface area contributed by atoms with Gasteiger partial charge in [0.05, 0.1) is 46.4 Å². The summed E-state index contributed by atoms with van der Waals surface area (Å²) in [6.07, 6.45) is -0.0708. The van der Waals surface area contributed by atoms with Crippen LogP contribution < -0.4 is 5.56 Å². The quantitative estimate of drug-likeness (QED) is 0.376. The second kappa shape index (κ2) is 8.31. The Labute approximate surface area is 183 Å². The predicted molar refractivity (Wildman–Crippen MR) is 123 cm³/mol. The molecule has 2 aromatic carbocycles. The second-order valence-electron chi connectivity index (χ2n) is 7.37. The first-order chi connectivity index (χ1) is 14.9. The normalized spacial score (nSPS) is 11.8. The van der Waals surface area contributed by atoms with Crippen molar-refractivity contribution in [3.8, 4) is 5.13 Å². The summed E-state index contributed by atoms with van der Waals surface area (Å²) in [5.74, 6) is -0.446. The van der Waals surface area contributed by atoms with E-state index in [1.54, 1.807) is 6.92 Å². The molecule has 7 nitrogen and oxygen atoms in total. The highest BCUT2D eigenvalue weighted by molar-refractivity contribution is 7.20. The average molecular weight is 435 g/mol. The third kappa shape index (κ3) is 4.20. The van der Waals surface area contributed by atoms with Crippen LogP contribution in [0.15, 0.2) is 52.3 Å². The number of carbonyl (C=O) groups is 1. The van der Waals surface area contributed by atoms with Crippen molar-refractivity contribution in [1.82, 2.24) is 14.8 Å². The van der Waals surface area contributed by atoms with E-state index in [4.69, 9.17) is 4.74 Å². The third-order valence-corrected chi connectivity index (χ3v) is 5.87. The van der Waals surface area contributed by atoms with Crippen LogP contribution in [0.5, 0.6) is 0 Å². The molecule has 4 rings (SSSR count). The molecular formula is C23H22N4O3S. The van der Waals surface area contributed by atoms with E-state index in [0.29, 0.717) is 22.1 Å². The van der Waals surface area contributed by atoms with E-state index < -0.39 is 5.97 Å². The first kappa shape index (κ1) is 20.7. The molecule has 8 heteroatoms. The molecule has 0 unspecified atom stereocenters. The Morgan fingerprint density at radius 1 is 1.19 bits per heavy atom. The van der Waals surface area contributed by atoms with Gasteiger partial charge in [-0.05, 0) is 56.2 Å². The molecule has 4 aromatic rings. The van der Waals surface area contributed by atoms with Gasteiger partial charge in [-0.2, -0.15) is 4.68 Å². The number of nitrogens with zero attached hydrogens (tertiary/aromatic N) is 3. The van der Waals surface area contributed by atoms with E-state index in [1.165, 1.54) is 23.1 Å². The molecule has 0 aliphatic heterocycles. The van der Waals surface area contributed by atoms with Crippen molar-refractivity contribution < 1.29 is 9.53 Å². The number of fused-ring (bicyclic) bond motifs is 1. The molecular weight excluding hydrogens is 412 g/mol. The number of aromatic nitrogens is 3. The van der Waals surface area contributed by atoms with Crippen molar-refractivity contribution in [2.75, 3.05) is 7.11 Å². The lowest BCUT2D eigenvalue weighted by atomic mass is 10.1. The van der Waals surface area contributed by atoms with Gasteiger partial charge in [-0.3, -0.25) is 19.7 Å². The monoisotopic (exact) mass is 434 g/mol. The Balaban J connectivity index is 1.86. The molecule has 31 heavy (non-hydrogen) atoms. The highest BCUT2D eigenvalue weighted by Crippen LogP contribution is 2.24. The lowest BCUT2D eigenvalue weighted by molar-refractivity contribution is -0.139. The molecule has 0 aliphatic carbocycles. The Morgan fingerprint density at radius 2 is 1.90 bits per heavy atom. The number of esters is 1.